The molecule has 0 saturated carbocycles. The van der Waals surface area contributed by atoms with E-state index in [1.54, 1.807) is 6.21 Å². The summed E-state index contributed by atoms with van der Waals surface area (Å²) >= 11 is 0. The Labute approximate surface area is 188 Å². The molecule has 0 aliphatic heterocycles. The highest BCUT2D eigenvalue weighted by Crippen LogP contribution is 2.29. The van der Waals surface area contributed by atoms with Crippen molar-refractivity contribution < 1.29 is 18.0 Å². The number of alkyl halides is 3. The molecule has 0 atom stereocenters. The molecule has 1 aromatic heterocycles. The van der Waals surface area contributed by atoms with Gasteiger partial charge in [0.1, 0.15) is 6.54 Å². The lowest BCUT2D eigenvalue weighted by molar-refractivity contribution is -0.137. The normalized spacial score (nSPS) is 11.8. The lowest BCUT2D eigenvalue weighted by atomic mass is 10.2. The standard InChI is InChI=1S/C25H21F3N4O/c1-17-6-10-20(11-7-17)30-24(33)16-32-15-18(22-4-2-3-5-23(22)32)14-29-31-21-12-8-19(9-13-21)25(26,27)28/h2-15,31H,16H2,1H3,(H,30,33)/b29-14+. The van der Waals surface area contributed by atoms with Gasteiger partial charge in [-0.2, -0.15) is 18.3 Å². The second-order valence-electron chi connectivity index (χ2n) is 7.59. The fourth-order valence-electron chi connectivity index (χ4n) is 3.41. The van der Waals surface area contributed by atoms with E-state index in [0.717, 1.165) is 39.8 Å². The summed E-state index contributed by atoms with van der Waals surface area (Å²) in [7, 11) is 0. The van der Waals surface area contributed by atoms with E-state index >= 15 is 0 Å². The molecule has 0 unspecified atom stereocenters. The van der Waals surface area contributed by atoms with Crippen molar-refractivity contribution in [3.8, 4) is 0 Å². The first kappa shape index (κ1) is 22.1. The third-order valence-electron chi connectivity index (χ3n) is 5.08. The number of carbonyl (C=O) groups excluding carboxylic acids is 1. The van der Waals surface area contributed by atoms with Crippen LogP contribution in [0.25, 0.3) is 10.9 Å². The van der Waals surface area contributed by atoms with E-state index in [2.05, 4.69) is 15.8 Å². The number of hydrazone groups is 1. The van der Waals surface area contributed by atoms with Crippen LogP contribution in [-0.2, 0) is 17.5 Å². The lowest BCUT2D eigenvalue weighted by Crippen LogP contribution is -2.18. The molecule has 0 bridgehead atoms. The Hall–Kier alpha value is -4.07. The number of nitrogens with one attached hydrogen (secondary N) is 2. The van der Waals surface area contributed by atoms with Crippen molar-refractivity contribution in [3.05, 3.63) is 95.7 Å². The summed E-state index contributed by atoms with van der Waals surface area (Å²) < 4.78 is 39.9. The summed E-state index contributed by atoms with van der Waals surface area (Å²) in [6.45, 7) is 2.10. The van der Waals surface area contributed by atoms with Gasteiger partial charge in [-0.3, -0.25) is 10.2 Å². The summed E-state index contributed by atoms with van der Waals surface area (Å²) in [5, 5.41) is 7.94. The van der Waals surface area contributed by atoms with Crippen LogP contribution in [0, 0.1) is 6.92 Å². The van der Waals surface area contributed by atoms with E-state index in [9.17, 15) is 18.0 Å². The minimum Gasteiger partial charge on any atom is -0.337 e. The van der Waals surface area contributed by atoms with Crippen LogP contribution in [0.1, 0.15) is 16.7 Å². The Balaban J connectivity index is 1.48. The number of anilines is 2. The molecule has 1 heterocycles. The average Bonchev–Trinajstić information content (AvgIpc) is 3.12. The van der Waals surface area contributed by atoms with E-state index in [-0.39, 0.29) is 12.5 Å². The molecule has 33 heavy (non-hydrogen) atoms. The molecular formula is C25H21F3N4O. The number of halogens is 3. The van der Waals surface area contributed by atoms with Crippen molar-refractivity contribution in [2.45, 2.75) is 19.6 Å². The lowest BCUT2D eigenvalue weighted by Gasteiger charge is -2.07. The quantitative estimate of drug-likeness (QED) is 0.277. The molecule has 0 saturated heterocycles. The molecule has 5 nitrogen and oxygen atoms in total. The van der Waals surface area contributed by atoms with Gasteiger partial charge in [0.2, 0.25) is 5.91 Å². The number of carbonyl (C=O) groups is 1. The van der Waals surface area contributed by atoms with Gasteiger partial charge in [0.25, 0.3) is 0 Å². The summed E-state index contributed by atoms with van der Waals surface area (Å²) in [5.41, 5.74) is 5.93. The molecule has 8 heteroatoms. The van der Waals surface area contributed by atoms with Gasteiger partial charge in [0.05, 0.1) is 17.5 Å². The maximum atomic E-state index is 12.7. The van der Waals surface area contributed by atoms with Crippen LogP contribution in [0.15, 0.2) is 84.1 Å². The Bertz CT molecular complexity index is 1290. The number of hydrogen-bond donors (Lipinski definition) is 2. The van der Waals surface area contributed by atoms with E-state index < -0.39 is 11.7 Å². The van der Waals surface area contributed by atoms with Gasteiger partial charge in [0, 0.05) is 28.4 Å². The number of rotatable bonds is 6. The van der Waals surface area contributed by atoms with Crippen molar-refractivity contribution in [3.63, 3.8) is 0 Å². The van der Waals surface area contributed by atoms with Gasteiger partial charge < -0.3 is 9.88 Å². The molecule has 1 amide bonds. The zero-order chi connectivity index (χ0) is 23.4. The highest BCUT2D eigenvalue weighted by atomic mass is 19.4. The van der Waals surface area contributed by atoms with E-state index in [1.807, 2.05) is 66.2 Å². The Morgan fingerprint density at radius 2 is 1.64 bits per heavy atom. The minimum absolute atomic E-state index is 0.120. The zero-order valence-corrected chi connectivity index (χ0v) is 17.7. The monoisotopic (exact) mass is 450 g/mol. The molecule has 2 N–H and O–H groups in total. The predicted octanol–water partition coefficient (Wildman–Crippen LogP) is 6.05. The average molecular weight is 450 g/mol. The van der Waals surface area contributed by atoms with Crippen LogP contribution in [0.4, 0.5) is 24.5 Å². The SMILES string of the molecule is Cc1ccc(NC(=O)Cn2cc(/C=N/Nc3ccc(C(F)(F)F)cc3)c3ccccc32)cc1. The number of amides is 1. The highest BCUT2D eigenvalue weighted by Gasteiger charge is 2.29. The Kier molecular flexibility index (Phi) is 6.17. The zero-order valence-electron chi connectivity index (χ0n) is 17.7. The summed E-state index contributed by atoms with van der Waals surface area (Å²) in [5.74, 6) is -0.161. The van der Waals surface area contributed by atoms with Crippen LogP contribution < -0.4 is 10.7 Å². The Morgan fingerprint density at radius 1 is 0.970 bits per heavy atom. The number of aromatic nitrogens is 1. The molecule has 168 valence electrons. The molecule has 4 rings (SSSR count). The summed E-state index contributed by atoms with van der Waals surface area (Å²) in [6, 6.07) is 19.8. The number of fused-ring (bicyclic) bond motifs is 1. The topological polar surface area (TPSA) is 58.4 Å². The number of benzene rings is 3. The predicted molar refractivity (Wildman–Crippen MR) is 124 cm³/mol. The molecule has 0 radical (unpaired) electrons. The van der Waals surface area contributed by atoms with Crippen molar-refractivity contribution >= 4 is 34.4 Å². The minimum atomic E-state index is -4.38. The van der Waals surface area contributed by atoms with Crippen LogP contribution in [-0.4, -0.2) is 16.7 Å². The van der Waals surface area contributed by atoms with Gasteiger partial charge in [-0.25, -0.2) is 0 Å². The van der Waals surface area contributed by atoms with Crippen molar-refractivity contribution in [1.29, 1.82) is 0 Å². The highest BCUT2D eigenvalue weighted by molar-refractivity contribution is 6.00. The molecule has 0 aliphatic rings. The second kappa shape index (κ2) is 9.20. The first-order chi connectivity index (χ1) is 15.8. The van der Waals surface area contributed by atoms with E-state index in [1.165, 1.54) is 12.1 Å². The van der Waals surface area contributed by atoms with Crippen LogP contribution in [0.2, 0.25) is 0 Å². The molecule has 3 aromatic carbocycles. The fraction of sp³-hybridized carbons (Fsp3) is 0.120. The Morgan fingerprint density at radius 3 is 2.33 bits per heavy atom. The van der Waals surface area contributed by atoms with Crippen LogP contribution >= 0.6 is 0 Å². The van der Waals surface area contributed by atoms with Gasteiger partial charge >= 0.3 is 6.18 Å². The van der Waals surface area contributed by atoms with E-state index in [4.69, 9.17) is 0 Å². The molecular weight excluding hydrogens is 429 g/mol. The van der Waals surface area contributed by atoms with Gasteiger partial charge in [-0.1, -0.05) is 35.9 Å². The first-order valence-corrected chi connectivity index (χ1v) is 10.2. The van der Waals surface area contributed by atoms with Crippen LogP contribution in [0.5, 0.6) is 0 Å². The fourth-order valence-corrected chi connectivity index (χ4v) is 3.41. The number of aryl methyl sites for hydroxylation is 1. The number of nitrogens with zero attached hydrogens (tertiary/aromatic N) is 2. The molecule has 0 aliphatic carbocycles. The molecule has 4 aromatic rings. The third kappa shape index (κ3) is 5.41. The smallest absolute Gasteiger partial charge is 0.337 e. The molecule has 0 fully saturated rings. The summed E-state index contributed by atoms with van der Waals surface area (Å²) in [4.78, 5) is 12.6. The first-order valence-electron chi connectivity index (χ1n) is 10.2. The summed E-state index contributed by atoms with van der Waals surface area (Å²) in [6.07, 6.45) is -0.985. The van der Waals surface area contributed by atoms with Crippen molar-refractivity contribution in [1.82, 2.24) is 4.57 Å². The second-order valence-corrected chi connectivity index (χ2v) is 7.59. The van der Waals surface area contributed by atoms with Gasteiger partial charge in [-0.05, 0) is 49.4 Å². The largest absolute Gasteiger partial charge is 0.416 e. The van der Waals surface area contributed by atoms with Crippen molar-refractivity contribution in [2.24, 2.45) is 5.10 Å². The maximum absolute atomic E-state index is 12.7. The van der Waals surface area contributed by atoms with Gasteiger partial charge in [0.15, 0.2) is 0 Å². The number of para-hydroxylation sites is 1. The van der Waals surface area contributed by atoms with Crippen LogP contribution in [0.3, 0.4) is 0 Å². The molecule has 0 spiro atoms. The van der Waals surface area contributed by atoms with Crippen molar-refractivity contribution in [2.75, 3.05) is 10.7 Å². The number of hydrogen-bond acceptors (Lipinski definition) is 3. The van der Waals surface area contributed by atoms with Gasteiger partial charge in [-0.15, -0.1) is 0 Å². The maximum Gasteiger partial charge on any atom is 0.416 e. The third-order valence-corrected chi connectivity index (χ3v) is 5.08. The van der Waals surface area contributed by atoms with E-state index in [0.29, 0.717) is 5.69 Å².